The third-order valence-corrected chi connectivity index (χ3v) is 3.45. The fraction of sp³-hybridized carbons (Fsp3) is 0.353. The van der Waals surface area contributed by atoms with Gasteiger partial charge in [-0.15, -0.1) is 0 Å². The number of benzene rings is 1. The van der Waals surface area contributed by atoms with Gasteiger partial charge in [-0.25, -0.2) is 0 Å². The van der Waals surface area contributed by atoms with Gasteiger partial charge < -0.3 is 20.2 Å². The molecule has 0 fully saturated rings. The van der Waals surface area contributed by atoms with Crippen molar-refractivity contribution in [2.24, 2.45) is 5.73 Å². The van der Waals surface area contributed by atoms with Gasteiger partial charge >= 0.3 is 0 Å². The Bertz CT molecular complexity index is 622. The Kier molecular flexibility index (Phi) is 5.61. The van der Waals surface area contributed by atoms with Crippen LogP contribution in [0, 0.1) is 6.92 Å². The molecular weight excluding hydrogens is 280 g/mol. The molecule has 1 aromatic heterocycles. The molecule has 0 spiro atoms. The molecule has 1 unspecified atom stereocenters. The number of carbonyl (C=O) groups excluding carboxylic acids is 1. The van der Waals surface area contributed by atoms with E-state index in [-0.39, 0.29) is 18.6 Å². The van der Waals surface area contributed by atoms with E-state index in [2.05, 4.69) is 5.32 Å². The molecule has 2 aromatic rings. The van der Waals surface area contributed by atoms with Crippen LogP contribution >= 0.6 is 0 Å². The van der Waals surface area contributed by atoms with Crippen LogP contribution < -0.4 is 15.8 Å². The molecule has 0 radical (unpaired) electrons. The lowest BCUT2D eigenvalue weighted by Crippen LogP contribution is -2.35. The van der Waals surface area contributed by atoms with E-state index in [1.807, 2.05) is 38.1 Å². The van der Waals surface area contributed by atoms with E-state index in [0.29, 0.717) is 17.9 Å². The van der Waals surface area contributed by atoms with Crippen molar-refractivity contribution in [3.05, 3.63) is 53.5 Å². The number of hydrogen-bond donors (Lipinski definition) is 2. The second-order valence-electron chi connectivity index (χ2n) is 5.13. The third-order valence-electron chi connectivity index (χ3n) is 3.45. The van der Waals surface area contributed by atoms with Gasteiger partial charge in [0.15, 0.2) is 0 Å². The number of para-hydroxylation sites is 1. The fourth-order valence-corrected chi connectivity index (χ4v) is 2.05. The highest BCUT2D eigenvalue weighted by atomic mass is 16.5. The maximum Gasteiger partial charge on any atom is 0.254 e. The van der Waals surface area contributed by atoms with Crippen molar-refractivity contribution in [2.45, 2.75) is 32.9 Å². The number of furan rings is 1. The molecule has 0 aliphatic heterocycles. The zero-order valence-electron chi connectivity index (χ0n) is 13.0. The maximum atomic E-state index is 12.0. The standard InChI is InChI=1S/C17H22N2O3/c1-3-14(22-16-7-5-4-6-12(16)2)10-19-17(20)13-8-15(9-18)21-11-13/h4-8,11,14H,3,9-10,18H2,1-2H3,(H,19,20). The molecule has 0 aliphatic rings. The van der Waals surface area contributed by atoms with Crippen LogP contribution in [0.4, 0.5) is 0 Å². The predicted molar refractivity (Wildman–Crippen MR) is 84.8 cm³/mol. The molecular formula is C17H22N2O3. The second kappa shape index (κ2) is 7.66. The highest BCUT2D eigenvalue weighted by Gasteiger charge is 2.14. The van der Waals surface area contributed by atoms with Crippen LogP contribution in [-0.4, -0.2) is 18.6 Å². The molecule has 3 N–H and O–H groups in total. The number of hydrogen-bond acceptors (Lipinski definition) is 4. The molecule has 5 nitrogen and oxygen atoms in total. The first-order chi connectivity index (χ1) is 10.6. The molecule has 1 aromatic carbocycles. The molecule has 0 aliphatic carbocycles. The largest absolute Gasteiger partial charge is 0.488 e. The van der Waals surface area contributed by atoms with Gasteiger partial charge in [0.2, 0.25) is 0 Å². The minimum atomic E-state index is -0.185. The van der Waals surface area contributed by atoms with Gasteiger partial charge in [-0.2, -0.15) is 0 Å². The van der Waals surface area contributed by atoms with Crippen LogP contribution in [0.15, 0.2) is 41.0 Å². The molecule has 1 heterocycles. The van der Waals surface area contributed by atoms with Crippen LogP contribution in [0.1, 0.15) is 35.0 Å². The highest BCUT2D eigenvalue weighted by molar-refractivity contribution is 5.93. The zero-order valence-corrected chi connectivity index (χ0v) is 13.0. The first kappa shape index (κ1) is 16.1. The summed E-state index contributed by atoms with van der Waals surface area (Å²) in [4.78, 5) is 12.0. The topological polar surface area (TPSA) is 77.5 Å². The van der Waals surface area contributed by atoms with E-state index in [9.17, 15) is 4.79 Å². The van der Waals surface area contributed by atoms with Crippen LogP contribution in [-0.2, 0) is 6.54 Å². The van der Waals surface area contributed by atoms with Gasteiger partial charge in [-0.3, -0.25) is 4.79 Å². The lowest BCUT2D eigenvalue weighted by Gasteiger charge is -2.19. The number of ether oxygens (including phenoxy) is 1. The molecule has 2 rings (SSSR count). The highest BCUT2D eigenvalue weighted by Crippen LogP contribution is 2.18. The number of carbonyl (C=O) groups is 1. The smallest absolute Gasteiger partial charge is 0.254 e. The second-order valence-corrected chi connectivity index (χ2v) is 5.13. The lowest BCUT2D eigenvalue weighted by molar-refractivity contribution is 0.0925. The van der Waals surface area contributed by atoms with Crippen molar-refractivity contribution in [1.29, 1.82) is 0 Å². The summed E-state index contributed by atoms with van der Waals surface area (Å²) in [5.74, 6) is 1.25. The third kappa shape index (κ3) is 4.11. The maximum absolute atomic E-state index is 12.0. The van der Waals surface area contributed by atoms with Crippen molar-refractivity contribution >= 4 is 5.91 Å². The normalized spacial score (nSPS) is 12.0. The van der Waals surface area contributed by atoms with E-state index >= 15 is 0 Å². The average Bonchev–Trinajstić information content (AvgIpc) is 3.02. The Labute approximate surface area is 130 Å². The van der Waals surface area contributed by atoms with Gasteiger partial charge in [-0.1, -0.05) is 25.1 Å². The number of aryl methyl sites for hydroxylation is 1. The first-order valence-corrected chi connectivity index (χ1v) is 7.42. The SMILES string of the molecule is CCC(CNC(=O)c1coc(CN)c1)Oc1ccccc1C. The number of amides is 1. The summed E-state index contributed by atoms with van der Waals surface area (Å²) in [7, 11) is 0. The van der Waals surface area contributed by atoms with Crippen LogP contribution in [0.25, 0.3) is 0 Å². The molecule has 5 heteroatoms. The number of nitrogens with two attached hydrogens (primary N) is 1. The summed E-state index contributed by atoms with van der Waals surface area (Å²) < 4.78 is 11.1. The molecule has 1 amide bonds. The minimum Gasteiger partial charge on any atom is -0.488 e. The van der Waals surface area contributed by atoms with Crippen molar-refractivity contribution < 1.29 is 13.9 Å². The minimum absolute atomic E-state index is 0.0778. The molecule has 118 valence electrons. The van der Waals surface area contributed by atoms with Crippen molar-refractivity contribution in [3.63, 3.8) is 0 Å². The van der Waals surface area contributed by atoms with Crippen LogP contribution in [0.2, 0.25) is 0 Å². The van der Waals surface area contributed by atoms with Gasteiger partial charge in [0.25, 0.3) is 5.91 Å². The Morgan fingerprint density at radius 1 is 1.41 bits per heavy atom. The van der Waals surface area contributed by atoms with Crippen LogP contribution in [0.3, 0.4) is 0 Å². The van der Waals surface area contributed by atoms with Gasteiger partial charge in [0.05, 0.1) is 18.7 Å². The molecule has 0 saturated carbocycles. The van der Waals surface area contributed by atoms with Crippen LogP contribution in [0.5, 0.6) is 5.75 Å². The van der Waals surface area contributed by atoms with E-state index in [1.54, 1.807) is 6.07 Å². The van der Waals surface area contributed by atoms with E-state index in [4.69, 9.17) is 14.9 Å². The molecule has 22 heavy (non-hydrogen) atoms. The first-order valence-electron chi connectivity index (χ1n) is 7.42. The lowest BCUT2D eigenvalue weighted by atomic mass is 10.2. The zero-order chi connectivity index (χ0) is 15.9. The summed E-state index contributed by atoms with van der Waals surface area (Å²) >= 11 is 0. The van der Waals surface area contributed by atoms with Crippen molar-refractivity contribution in [1.82, 2.24) is 5.32 Å². The van der Waals surface area contributed by atoms with E-state index in [0.717, 1.165) is 17.7 Å². The average molecular weight is 302 g/mol. The van der Waals surface area contributed by atoms with Gasteiger partial charge in [0.1, 0.15) is 23.9 Å². The Hall–Kier alpha value is -2.27. The van der Waals surface area contributed by atoms with E-state index in [1.165, 1.54) is 6.26 Å². The van der Waals surface area contributed by atoms with Gasteiger partial charge in [0, 0.05) is 0 Å². The summed E-state index contributed by atoms with van der Waals surface area (Å²) in [6, 6.07) is 9.49. The molecule has 1 atom stereocenters. The van der Waals surface area contributed by atoms with Crippen molar-refractivity contribution in [3.8, 4) is 5.75 Å². The molecule has 0 saturated heterocycles. The van der Waals surface area contributed by atoms with E-state index < -0.39 is 0 Å². The monoisotopic (exact) mass is 302 g/mol. The Morgan fingerprint density at radius 3 is 2.82 bits per heavy atom. The molecule has 0 bridgehead atoms. The van der Waals surface area contributed by atoms with Gasteiger partial charge in [-0.05, 0) is 31.0 Å². The Balaban J connectivity index is 1.90. The quantitative estimate of drug-likeness (QED) is 0.824. The number of rotatable bonds is 7. The fourth-order valence-electron chi connectivity index (χ4n) is 2.05. The number of nitrogens with one attached hydrogen (secondary N) is 1. The summed E-state index contributed by atoms with van der Waals surface area (Å²) in [6.07, 6.45) is 2.14. The van der Waals surface area contributed by atoms with Crippen molar-refractivity contribution in [2.75, 3.05) is 6.54 Å². The summed E-state index contributed by atoms with van der Waals surface area (Å²) in [5, 5.41) is 2.86. The predicted octanol–water partition coefficient (Wildman–Crippen LogP) is 2.63. The summed E-state index contributed by atoms with van der Waals surface area (Å²) in [6.45, 7) is 4.74. The summed E-state index contributed by atoms with van der Waals surface area (Å²) in [5.41, 5.74) is 7.02. The Morgan fingerprint density at radius 2 is 2.18 bits per heavy atom.